The third-order valence-electron chi connectivity index (χ3n) is 3.21. The van der Waals surface area contributed by atoms with Gasteiger partial charge >= 0.3 is 0 Å². The minimum atomic E-state index is -3.70. The van der Waals surface area contributed by atoms with Crippen LogP contribution in [0.5, 0.6) is 0 Å². The minimum Gasteiger partial charge on any atom is -0.366 e. The second-order valence-electron chi connectivity index (χ2n) is 5.28. The van der Waals surface area contributed by atoms with Gasteiger partial charge in [-0.15, -0.1) is 0 Å². The predicted molar refractivity (Wildman–Crippen MR) is 86.3 cm³/mol. The number of nitrogens with one attached hydrogen (secondary N) is 1. The Morgan fingerprint density at radius 3 is 2.27 bits per heavy atom. The number of hydrogen-bond donors (Lipinski definition) is 2. The number of primary amides is 1. The molecule has 1 amide bonds. The van der Waals surface area contributed by atoms with Crippen molar-refractivity contribution in [1.29, 1.82) is 0 Å². The minimum absolute atomic E-state index is 0.138. The summed E-state index contributed by atoms with van der Waals surface area (Å²) < 4.78 is 27.2. The normalized spacial score (nSPS) is 11.4. The van der Waals surface area contributed by atoms with Crippen molar-refractivity contribution in [1.82, 2.24) is 0 Å². The number of carbonyl (C=O) groups excluding carboxylic acids is 1. The Kier molecular flexibility index (Phi) is 4.51. The zero-order valence-corrected chi connectivity index (χ0v) is 13.2. The molecule has 3 N–H and O–H groups in total. The molecule has 0 heterocycles. The van der Waals surface area contributed by atoms with Crippen LogP contribution in [0, 0.1) is 0 Å². The first-order valence-electron chi connectivity index (χ1n) is 6.82. The molecule has 2 aromatic rings. The van der Waals surface area contributed by atoms with Crippen LogP contribution in [0.15, 0.2) is 53.4 Å². The molecule has 5 nitrogen and oxygen atoms in total. The van der Waals surface area contributed by atoms with Crippen molar-refractivity contribution >= 4 is 21.6 Å². The van der Waals surface area contributed by atoms with Gasteiger partial charge in [0.2, 0.25) is 5.91 Å². The summed E-state index contributed by atoms with van der Waals surface area (Å²) in [4.78, 5) is 11.6. The fourth-order valence-electron chi connectivity index (χ4n) is 2.00. The molecule has 2 rings (SSSR count). The molecule has 0 aliphatic carbocycles. The third kappa shape index (κ3) is 3.65. The zero-order valence-electron chi connectivity index (χ0n) is 12.4. The molecule has 2 aromatic carbocycles. The van der Waals surface area contributed by atoms with E-state index in [0.717, 1.165) is 5.56 Å². The van der Waals surface area contributed by atoms with E-state index in [-0.39, 0.29) is 16.4 Å². The molecule has 0 aliphatic heterocycles. The summed E-state index contributed by atoms with van der Waals surface area (Å²) in [5, 5.41) is 0. The lowest BCUT2D eigenvalue weighted by atomic mass is 10.00. The Balaban J connectivity index is 2.43. The lowest BCUT2D eigenvalue weighted by Gasteiger charge is -2.13. The summed E-state index contributed by atoms with van der Waals surface area (Å²) >= 11 is 0. The molecule has 0 radical (unpaired) electrons. The summed E-state index contributed by atoms with van der Waals surface area (Å²) in [5.74, 6) is -0.457. The first-order chi connectivity index (χ1) is 10.3. The Hall–Kier alpha value is -2.34. The lowest BCUT2D eigenvalue weighted by Crippen LogP contribution is -2.16. The fraction of sp³-hybridized carbons (Fsp3) is 0.188. The molecule has 0 fully saturated rings. The van der Waals surface area contributed by atoms with E-state index in [1.807, 2.05) is 13.8 Å². The monoisotopic (exact) mass is 318 g/mol. The Morgan fingerprint density at radius 1 is 1.09 bits per heavy atom. The fourth-order valence-corrected chi connectivity index (χ4v) is 3.06. The SMILES string of the molecule is CC(C)c1cc(NS(=O)(=O)c2ccccc2)cc(C(N)=O)c1. The highest BCUT2D eigenvalue weighted by Gasteiger charge is 2.15. The van der Waals surface area contributed by atoms with Crippen LogP contribution in [0.3, 0.4) is 0 Å². The average molecular weight is 318 g/mol. The standard InChI is InChI=1S/C16H18N2O3S/c1-11(2)12-8-13(16(17)19)10-14(9-12)18-22(20,21)15-6-4-3-5-7-15/h3-11,18H,1-2H3,(H2,17,19). The average Bonchev–Trinajstić information content (AvgIpc) is 2.47. The van der Waals surface area contributed by atoms with Crippen molar-refractivity contribution < 1.29 is 13.2 Å². The smallest absolute Gasteiger partial charge is 0.261 e. The molecule has 0 saturated carbocycles. The summed E-state index contributed by atoms with van der Waals surface area (Å²) in [6.45, 7) is 3.91. The van der Waals surface area contributed by atoms with E-state index in [2.05, 4.69) is 4.72 Å². The second kappa shape index (κ2) is 6.19. The first kappa shape index (κ1) is 16.0. The molecular formula is C16H18N2O3S. The van der Waals surface area contributed by atoms with Crippen LogP contribution in [0.2, 0.25) is 0 Å². The van der Waals surface area contributed by atoms with E-state index >= 15 is 0 Å². The van der Waals surface area contributed by atoms with E-state index < -0.39 is 15.9 Å². The molecular weight excluding hydrogens is 300 g/mol. The van der Waals surface area contributed by atoms with Gasteiger partial charge in [-0.3, -0.25) is 9.52 Å². The molecule has 22 heavy (non-hydrogen) atoms. The molecule has 0 spiro atoms. The van der Waals surface area contributed by atoms with Crippen LogP contribution in [0.4, 0.5) is 5.69 Å². The summed E-state index contributed by atoms with van der Waals surface area (Å²) in [5.41, 5.74) is 6.74. The van der Waals surface area contributed by atoms with Crippen LogP contribution >= 0.6 is 0 Å². The zero-order chi connectivity index (χ0) is 16.3. The molecule has 0 unspecified atom stereocenters. The number of hydrogen-bond acceptors (Lipinski definition) is 3. The van der Waals surface area contributed by atoms with Crippen LogP contribution in [0.1, 0.15) is 35.7 Å². The highest BCUT2D eigenvalue weighted by Crippen LogP contribution is 2.23. The third-order valence-corrected chi connectivity index (χ3v) is 4.61. The summed E-state index contributed by atoms with van der Waals surface area (Å²) in [6, 6.07) is 12.9. The summed E-state index contributed by atoms with van der Waals surface area (Å²) in [7, 11) is -3.70. The van der Waals surface area contributed by atoms with E-state index in [0.29, 0.717) is 5.69 Å². The van der Waals surface area contributed by atoms with E-state index in [4.69, 9.17) is 5.73 Å². The van der Waals surface area contributed by atoms with E-state index in [9.17, 15) is 13.2 Å². The molecule has 0 saturated heterocycles. The van der Waals surface area contributed by atoms with Gasteiger partial charge in [0.05, 0.1) is 4.90 Å². The molecule has 0 atom stereocenters. The molecule has 0 aliphatic rings. The van der Waals surface area contributed by atoms with Gasteiger partial charge in [0.15, 0.2) is 0 Å². The van der Waals surface area contributed by atoms with Gasteiger partial charge in [-0.25, -0.2) is 8.42 Å². The Morgan fingerprint density at radius 2 is 1.73 bits per heavy atom. The lowest BCUT2D eigenvalue weighted by molar-refractivity contribution is 0.1000. The number of carbonyl (C=O) groups is 1. The van der Waals surface area contributed by atoms with Crippen molar-refractivity contribution in [2.75, 3.05) is 4.72 Å². The van der Waals surface area contributed by atoms with Gasteiger partial charge in [-0.05, 0) is 41.8 Å². The first-order valence-corrected chi connectivity index (χ1v) is 8.30. The maximum absolute atomic E-state index is 12.3. The Bertz CT molecular complexity index is 784. The van der Waals surface area contributed by atoms with Crippen LogP contribution in [0.25, 0.3) is 0 Å². The van der Waals surface area contributed by atoms with Crippen molar-refractivity contribution in [2.24, 2.45) is 5.73 Å². The van der Waals surface area contributed by atoms with Gasteiger partial charge in [0.25, 0.3) is 10.0 Å². The molecule has 0 bridgehead atoms. The van der Waals surface area contributed by atoms with Crippen molar-refractivity contribution in [3.8, 4) is 0 Å². The largest absolute Gasteiger partial charge is 0.366 e. The number of nitrogens with two attached hydrogens (primary N) is 1. The van der Waals surface area contributed by atoms with Gasteiger partial charge < -0.3 is 5.73 Å². The van der Waals surface area contributed by atoms with Gasteiger partial charge in [-0.1, -0.05) is 32.0 Å². The van der Waals surface area contributed by atoms with E-state index in [1.165, 1.54) is 18.2 Å². The van der Waals surface area contributed by atoms with Crippen molar-refractivity contribution in [2.45, 2.75) is 24.7 Å². The van der Waals surface area contributed by atoms with E-state index in [1.54, 1.807) is 30.3 Å². The van der Waals surface area contributed by atoms with Crippen molar-refractivity contribution in [3.63, 3.8) is 0 Å². The topological polar surface area (TPSA) is 89.3 Å². The number of anilines is 1. The number of benzene rings is 2. The summed E-state index contributed by atoms with van der Waals surface area (Å²) in [6.07, 6.45) is 0. The highest BCUT2D eigenvalue weighted by atomic mass is 32.2. The van der Waals surface area contributed by atoms with Crippen LogP contribution in [-0.4, -0.2) is 14.3 Å². The molecule has 116 valence electrons. The van der Waals surface area contributed by atoms with Crippen LogP contribution < -0.4 is 10.5 Å². The Labute approximate surface area is 130 Å². The molecule has 6 heteroatoms. The van der Waals surface area contributed by atoms with Gasteiger partial charge in [0, 0.05) is 11.3 Å². The maximum atomic E-state index is 12.3. The van der Waals surface area contributed by atoms with Crippen molar-refractivity contribution in [3.05, 3.63) is 59.7 Å². The highest BCUT2D eigenvalue weighted by molar-refractivity contribution is 7.92. The second-order valence-corrected chi connectivity index (χ2v) is 6.96. The van der Waals surface area contributed by atoms with Gasteiger partial charge in [-0.2, -0.15) is 0 Å². The molecule has 0 aromatic heterocycles. The predicted octanol–water partition coefficient (Wildman–Crippen LogP) is 2.71. The van der Waals surface area contributed by atoms with Gasteiger partial charge in [0.1, 0.15) is 0 Å². The number of rotatable bonds is 5. The van der Waals surface area contributed by atoms with Crippen LogP contribution in [-0.2, 0) is 10.0 Å². The number of amides is 1. The quantitative estimate of drug-likeness (QED) is 0.888. The maximum Gasteiger partial charge on any atom is 0.261 e. The number of sulfonamides is 1.